The first-order valence-electron chi connectivity index (χ1n) is 5.77. The van der Waals surface area contributed by atoms with Crippen molar-refractivity contribution >= 4 is 11.9 Å². The molecule has 1 aromatic carbocycles. The van der Waals surface area contributed by atoms with E-state index in [1.54, 1.807) is 6.08 Å². The summed E-state index contributed by atoms with van der Waals surface area (Å²) in [7, 11) is 0. The molecule has 2 rings (SSSR count). The molecule has 0 amide bonds. The molecule has 82 valence electrons. The summed E-state index contributed by atoms with van der Waals surface area (Å²) < 4.78 is 0. The molecule has 0 bridgehead atoms. The topological polar surface area (TPSA) is 17.1 Å². The van der Waals surface area contributed by atoms with Crippen molar-refractivity contribution < 1.29 is 4.79 Å². The smallest absolute Gasteiger partial charge is 0.188 e. The molecule has 0 N–H and O–H groups in total. The van der Waals surface area contributed by atoms with Crippen LogP contribution in [0.1, 0.15) is 41.6 Å². The van der Waals surface area contributed by atoms with Crippen molar-refractivity contribution in [2.45, 2.75) is 25.7 Å². The van der Waals surface area contributed by atoms with Gasteiger partial charge < -0.3 is 0 Å². The molecule has 0 fully saturated rings. The van der Waals surface area contributed by atoms with Gasteiger partial charge in [0.2, 0.25) is 0 Å². The van der Waals surface area contributed by atoms with Crippen molar-refractivity contribution in [2.24, 2.45) is 0 Å². The Kier molecular flexibility index (Phi) is 3.35. The van der Waals surface area contributed by atoms with Gasteiger partial charge in [0.05, 0.1) is 0 Å². The summed E-state index contributed by atoms with van der Waals surface area (Å²) in [6.07, 6.45) is 8.21. The van der Waals surface area contributed by atoms with Crippen LogP contribution in [0.25, 0.3) is 6.08 Å². The van der Waals surface area contributed by atoms with Crippen molar-refractivity contribution in [3.8, 4) is 0 Å². The molecule has 0 saturated carbocycles. The van der Waals surface area contributed by atoms with Gasteiger partial charge in [-0.25, -0.2) is 0 Å². The van der Waals surface area contributed by atoms with E-state index in [4.69, 9.17) is 0 Å². The molecule has 1 heteroatoms. The molecule has 1 aliphatic rings. The van der Waals surface area contributed by atoms with Crippen LogP contribution in [0.15, 0.2) is 42.5 Å². The van der Waals surface area contributed by atoms with Crippen LogP contribution in [0.3, 0.4) is 0 Å². The standard InChI is InChI=1S/C15H16O/c1-2-12-8-10-14(11-9-12)15(16)13-6-4-3-5-7-13/h2,6,8-11H,1,3-5,7H2. The summed E-state index contributed by atoms with van der Waals surface area (Å²) in [5.41, 5.74) is 2.82. The predicted octanol–water partition coefficient (Wildman–Crippen LogP) is 4.01. The van der Waals surface area contributed by atoms with Crippen LogP contribution in [-0.4, -0.2) is 5.78 Å². The lowest BCUT2D eigenvalue weighted by molar-refractivity contribution is 0.102. The molecule has 0 unspecified atom stereocenters. The fourth-order valence-electron chi connectivity index (χ4n) is 2.00. The van der Waals surface area contributed by atoms with Gasteiger partial charge in [-0.05, 0) is 36.8 Å². The van der Waals surface area contributed by atoms with Gasteiger partial charge >= 0.3 is 0 Å². The van der Waals surface area contributed by atoms with Crippen LogP contribution in [0, 0.1) is 0 Å². The number of hydrogen-bond acceptors (Lipinski definition) is 1. The summed E-state index contributed by atoms with van der Waals surface area (Å²) in [5, 5.41) is 0. The Balaban J connectivity index is 2.19. The molecule has 0 heterocycles. The van der Waals surface area contributed by atoms with Crippen LogP contribution in [0.4, 0.5) is 0 Å². The quantitative estimate of drug-likeness (QED) is 0.692. The Morgan fingerprint density at radius 1 is 1.19 bits per heavy atom. The van der Waals surface area contributed by atoms with Gasteiger partial charge in [-0.3, -0.25) is 4.79 Å². The Morgan fingerprint density at radius 2 is 1.94 bits per heavy atom. The van der Waals surface area contributed by atoms with Gasteiger partial charge in [-0.15, -0.1) is 0 Å². The monoisotopic (exact) mass is 212 g/mol. The highest BCUT2D eigenvalue weighted by atomic mass is 16.1. The van der Waals surface area contributed by atoms with Crippen molar-refractivity contribution in [3.63, 3.8) is 0 Å². The summed E-state index contributed by atoms with van der Waals surface area (Å²) in [4.78, 5) is 12.1. The van der Waals surface area contributed by atoms with Gasteiger partial charge in [0.15, 0.2) is 5.78 Å². The molecule has 1 aliphatic carbocycles. The molecule has 0 spiro atoms. The lowest BCUT2D eigenvalue weighted by Gasteiger charge is -2.11. The van der Waals surface area contributed by atoms with Crippen LogP contribution < -0.4 is 0 Å². The molecular weight excluding hydrogens is 196 g/mol. The van der Waals surface area contributed by atoms with E-state index in [9.17, 15) is 4.79 Å². The molecule has 0 saturated heterocycles. The maximum atomic E-state index is 12.1. The Labute approximate surface area is 96.5 Å². The molecule has 1 nitrogen and oxygen atoms in total. The molecule has 1 aromatic rings. The molecule has 0 aromatic heterocycles. The summed E-state index contributed by atoms with van der Waals surface area (Å²) in [6.45, 7) is 3.70. The second-order valence-electron chi connectivity index (χ2n) is 4.13. The van der Waals surface area contributed by atoms with E-state index in [0.29, 0.717) is 0 Å². The SMILES string of the molecule is C=Cc1ccc(C(=O)C2=CCCCC2)cc1. The fourth-order valence-corrected chi connectivity index (χ4v) is 2.00. The minimum absolute atomic E-state index is 0.190. The zero-order valence-corrected chi connectivity index (χ0v) is 9.41. The first-order valence-corrected chi connectivity index (χ1v) is 5.77. The van der Waals surface area contributed by atoms with E-state index in [2.05, 4.69) is 12.7 Å². The van der Waals surface area contributed by atoms with Gasteiger partial charge in [0, 0.05) is 5.56 Å². The van der Waals surface area contributed by atoms with Gasteiger partial charge in [-0.2, -0.15) is 0 Å². The number of carbonyl (C=O) groups excluding carboxylic acids is 1. The zero-order valence-electron chi connectivity index (χ0n) is 9.41. The first kappa shape index (κ1) is 10.9. The third-order valence-corrected chi connectivity index (χ3v) is 2.99. The number of ketones is 1. The highest BCUT2D eigenvalue weighted by Crippen LogP contribution is 2.21. The molecule has 0 atom stereocenters. The van der Waals surface area contributed by atoms with Crippen molar-refractivity contribution in [1.29, 1.82) is 0 Å². The zero-order chi connectivity index (χ0) is 11.4. The summed E-state index contributed by atoms with van der Waals surface area (Å²) in [6, 6.07) is 7.64. The van der Waals surface area contributed by atoms with Crippen LogP contribution in [0.2, 0.25) is 0 Å². The largest absolute Gasteiger partial charge is 0.289 e. The van der Waals surface area contributed by atoms with Gasteiger partial charge in [-0.1, -0.05) is 43.0 Å². The van der Waals surface area contributed by atoms with E-state index < -0.39 is 0 Å². The van der Waals surface area contributed by atoms with Crippen LogP contribution in [0.5, 0.6) is 0 Å². The van der Waals surface area contributed by atoms with Crippen molar-refractivity contribution in [3.05, 3.63) is 53.6 Å². The molecular formula is C15H16O. The van der Waals surface area contributed by atoms with Gasteiger partial charge in [0.25, 0.3) is 0 Å². The normalized spacial score (nSPS) is 15.4. The first-order chi connectivity index (χ1) is 7.81. The van der Waals surface area contributed by atoms with Crippen LogP contribution >= 0.6 is 0 Å². The van der Waals surface area contributed by atoms with Crippen LogP contribution in [-0.2, 0) is 0 Å². The Hall–Kier alpha value is -1.63. The highest BCUT2D eigenvalue weighted by Gasteiger charge is 2.13. The highest BCUT2D eigenvalue weighted by molar-refractivity contribution is 6.08. The Bertz CT molecular complexity index is 423. The van der Waals surface area contributed by atoms with E-state index in [1.165, 1.54) is 6.42 Å². The third kappa shape index (κ3) is 2.30. The van der Waals surface area contributed by atoms with E-state index in [1.807, 2.05) is 24.3 Å². The maximum absolute atomic E-state index is 12.1. The second-order valence-corrected chi connectivity index (χ2v) is 4.13. The van der Waals surface area contributed by atoms with Crippen molar-refractivity contribution in [1.82, 2.24) is 0 Å². The maximum Gasteiger partial charge on any atom is 0.188 e. The summed E-state index contributed by atoms with van der Waals surface area (Å²) >= 11 is 0. The van der Waals surface area contributed by atoms with E-state index >= 15 is 0 Å². The lowest BCUT2D eigenvalue weighted by atomic mass is 9.93. The van der Waals surface area contributed by atoms with E-state index in [-0.39, 0.29) is 5.78 Å². The lowest BCUT2D eigenvalue weighted by Crippen LogP contribution is -2.06. The number of carbonyl (C=O) groups is 1. The minimum atomic E-state index is 0.190. The predicted molar refractivity (Wildman–Crippen MR) is 67.4 cm³/mol. The van der Waals surface area contributed by atoms with Crippen molar-refractivity contribution in [2.75, 3.05) is 0 Å². The molecule has 0 aliphatic heterocycles. The van der Waals surface area contributed by atoms with Gasteiger partial charge in [0.1, 0.15) is 0 Å². The second kappa shape index (κ2) is 4.93. The minimum Gasteiger partial charge on any atom is -0.289 e. The molecule has 0 radical (unpaired) electrons. The number of hydrogen-bond donors (Lipinski definition) is 0. The number of Topliss-reactive ketones (excluding diaryl/α,β-unsaturated/α-hetero) is 1. The summed E-state index contributed by atoms with van der Waals surface area (Å²) in [5.74, 6) is 0.190. The number of rotatable bonds is 3. The Morgan fingerprint density at radius 3 is 2.50 bits per heavy atom. The molecule has 16 heavy (non-hydrogen) atoms. The third-order valence-electron chi connectivity index (χ3n) is 2.99. The average Bonchev–Trinajstić information content (AvgIpc) is 2.39. The number of allylic oxidation sites excluding steroid dienone is 2. The van der Waals surface area contributed by atoms with E-state index in [0.717, 1.165) is 36.0 Å². The fraction of sp³-hybridized carbons (Fsp3) is 0.267. The number of benzene rings is 1. The average molecular weight is 212 g/mol.